The van der Waals surface area contributed by atoms with Gasteiger partial charge in [-0.1, -0.05) is 31.0 Å². The quantitative estimate of drug-likeness (QED) is 0.578. The minimum Gasteiger partial charge on any atom is -0.479 e. The molecule has 0 spiro atoms. The molecule has 1 aromatic carbocycles. The average Bonchev–Trinajstić information content (AvgIpc) is 2.67. The van der Waals surface area contributed by atoms with Crippen molar-refractivity contribution >= 4 is 35.1 Å². The lowest BCUT2D eigenvalue weighted by molar-refractivity contribution is 0.402. The molecule has 3 aromatic rings. The number of methoxy groups -OCH3 is 1. The second-order valence-corrected chi connectivity index (χ2v) is 6.09. The molecule has 3 rings (SSSR count). The Morgan fingerprint density at radius 3 is 2.38 bits per heavy atom. The van der Waals surface area contributed by atoms with Crippen molar-refractivity contribution in [3.8, 4) is 5.88 Å². The largest absolute Gasteiger partial charge is 0.479 e. The summed E-state index contributed by atoms with van der Waals surface area (Å²) in [4.78, 5) is 10.6. The van der Waals surface area contributed by atoms with Gasteiger partial charge in [-0.25, -0.2) is 4.98 Å². The molecule has 0 amide bonds. The van der Waals surface area contributed by atoms with E-state index >= 15 is 0 Å². The van der Waals surface area contributed by atoms with Crippen molar-refractivity contribution in [3.63, 3.8) is 0 Å². The van der Waals surface area contributed by atoms with E-state index in [0.29, 0.717) is 5.88 Å². The highest BCUT2D eigenvalue weighted by atomic mass is 32.1. The van der Waals surface area contributed by atoms with E-state index in [2.05, 4.69) is 37.7 Å². The Morgan fingerprint density at radius 1 is 1.04 bits per heavy atom. The lowest BCUT2D eigenvalue weighted by atomic mass is 10.2. The fourth-order valence-corrected chi connectivity index (χ4v) is 2.36. The highest BCUT2D eigenvalue weighted by Gasteiger charge is 2.07. The van der Waals surface area contributed by atoms with Crippen LogP contribution in [0.5, 0.6) is 5.88 Å². The van der Waals surface area contributed by atoms with Crippen LogP contribution < -0.4 is 14.8 Å². The minimum atomic E-state index is 0.536. The van der Waals surface area contributed by atoms with Crippen LogP contribution in [0.1, 0.15) is 0 Å². The number of hydrogen-bond acceptors (Lipinski definition) is 7. The molecule has 0 aliphatic rings. The van der Waals surface area contributed by atoms with Crippen LogP contribution in [-0.2, 0) is 0 Å². The number of anilines is 2. The molecular formula is C19H25N5OS. The van der Waals surface area contributed by atoms with Gasteiger partial charge in [-0.3, -0.25) is 9.71 Å². The SMILES string of the molecule is CN(C)CCNS.COc1nccc2c(Nc3ccccc3)ccnc12. The Hall–Kier alpha value is -2.35. The Morgan fingerprint density at radius 2 is 1.77 bits per heavy atom. The Labute approximate surface area is 160 Å². The Bertz CT molecular complexity index is 798. The molecule has 0 aliphatic carbocycles. The summed E-state index contributed by atoms with van der Waals surface area (Å²) in [7, 11) is 5.66. The molecule has 0 bridgehead atoms. The number of nitrogens with one attached hydrogen (secondary N) is 2. The summed E-state index contributed by atoms with van der Waals surface area (Å²) in [5.74, 6) is 0.536. The zero-order valence-corrected chi connectivity index (χ0v) is 16.2. The topological polar surface area (TPSA) is 62.3 Å². The van der Waals surface area contributed by atoms with Crippen LogP contribution in [0, 0.1) is 0 Å². The number of para-hydroxylation sites is 1. The van der Waals surface area contributed by atoms with E-state index in [1.807, 2.05) is 56.6 Å². The first-order chi connectivity index (χ1) is 12.7. The molecule has 2 aromatic heterocycles. The van der Waals surface area contributed by atoms with Gasteiger partial charge in [0.25, 0.3) is 0 Å². The third-order valence-corrected chi connectivity index (χ3v) is 3.77. The maximum Gasteiger partial charge on any atom is 0.240 e. The van der Waals surface area contributed by atoms with Crippen molar-refractivity contribution in [2.45, 2.75) is 0 Å². The number of aromatic nitrogens is 2. The van der Waals surface area contributed by atoms with Crippen LogP contribution >= 0.6 is 12.8 Å². The average molecular weight is 372 g/mol. The van der Waals surface area contributed by atoms with Gasteiger partial charge in [0.05, 0.1) is 7.11 Å². The molecule has 0 saturated carbocycles. The van der Waals surface area contributed by atoms with Crippen molar-refractivity contribution in [1.29, 1.82) is 0 Å². The predicted molar refractivity (Wildman–Crippen MR) is 111 cm³/mol. The van der Waals surface area contributed by atoms with Crippen LogP contribution in [0.3, 0.4) is 0 Å². The number of nitrogens with zero attached hydrogens (tertiary/aromatic N) is 3. The Kier molecular flexibility index (Phi) is 8.14. The van der Waals surface area contributed by atoms with Gasteiger partial charge in [0, 0.05) is 42.2 Å². The van der Waals surface area contributed by atoms with Crippen LogP contribution in [0.2, 0.25) is 0 Å². The van der Waals surface area contributed by atoms with Gasteiger partial charge < -0.3 is 15.0 Å². The molecule has 0 aliphatic heterocycles. The third kappa shape index (κ3) is 5.87. The summed E-state index contributed by atoms with van der Waals surface area (Å²) in [5.41, 5.74) is 2.77. The monoisotopic (exact) mass is 371 g/mol. The normalized spacial score (nSPS) is 10.3. The van der Waals surface area contributed by atoms with E-state index in [1.165, 1.54) is 0 Å². The number of likely N-dealkylation sites (N-methyl/N-ethyl adjacent to an activating group) is 1. The van der Waals surface area contributed by atoms with E-state index in [9.17, 15) is 0 Å². The second kappa shape index (κ2) is 10.6. The van der Waals surface area contributed by atoms with E-state index < -0.39 is 0 Å². The predicted octanol–water partition coefficient (Wildman–Crippen LogP) is 3.36. The first-order valence-corrected chi connectivity index (χ1v) is 8.72. The summed E-state index contributed by atoms with van der Waals surface area (Å²) >= 11 is 3.82. The molecular weight excluding hydrogens is 346 g/mol. The zero-order valence-electron chi connectivity index (χ0n) is 15.3. The number of fused-ring (bicyclic) bond motifs is 1. The molecule has 2 N–H and O–H groups in total. The standard InChI is InChI=1S/C15H13N3O.C4H12N2S/c1-19-15-14-12(7-9-17-15)13(8-10-16-14)18-11-5-3-2-4-6-11;1-6(2)4-3-5-7/h2-10H,1H3,(H,16,18);5,7H,3-4H2,1-2H3. The molecule has 6 nitrogen and oxygen atoms in total. The van der Waals surface area contributed by atoms with Crippen molar-refractivity contribution < 1.29 is 4.74 Å². The molecule has 138 valence electrons. The number of hydrogen-bond donors (Lipinski definition) is 3. The maximum absolute atomic E-state index is 5.23. The number of ether oxygens (including phenoxy) is 1. The minimum absolute atomic E-state index is 0.536. The molecule has 7 heteroatoms. The molecule has 0 radical (unpaired) electrons. The first kappa shape index (κ1) is 20.0. The molecule has 0 saturated heterocycles. The van der Waals surface area contributed by atoms with Crippen LogP contribution in [-0.4, -0.2) is 49.2 Å². The lowest BCUT2D eigenvalue weighted by Crippen LogP contribution is -2.21. The van der Waals surface area contributed by atoms with Crippen molar-refractivity contribution in [3.05, 3.63) is 54.9 Å². The highest BCUT2D eigenvalue weighted by Crippen LogP contribution is 2.28. The fraction of sp³-hybridized carbons (Fsp3) is 0.263. The number of benzene rings is 1. The number of pyridine rings is 2. The maximum atomic E-state index is 5.23. The molecule has 0 fully saturated rings. The van der Waals surface area contributed by atoms with Crippen LogP contribution in [0.25, 0.3) is 10.9 Å². The molecule has 2 heterocycles. The van der Waals surface area contributed by atoms with Crippen molar-refractivity contribution in [1.82, 2.24) is 19.6 Å². The zero-order chi connectivity index (χ0) is 18.8. The first-order valence-electron chi connectivity index (χ1n) is 8.27. The van der Waals surface area contributed by atoms with Gasteiger partial charge in [-0.2, -0.15) is 0 Å². The smallest absolute Gasteiger partial charge is 0.240 e. The third-order valence-electron chi connectivity index (χ3n) is 3.54. The van der Waals surface area contributed by atoms with Crippen LogP contribution in [0.15, 0.2) is 54.9 Å². The second-order valence-electron chi connectivity index (χ2n) is 5.78. The Balaban J connectivity index is 0.000000298. The van der Waals surface area contributed by atoms with Gasteiger partial charge in [-0.05, 0) is 38.4 Å². The fourth-order valence-electron chi connectivity index (χ4n) is 2.26. The number of thiol groups is 1. The van der Waals surface area contributed by atoms with E-state index in [0.717, 1.165) is 35.4 Å². The van der Waals surface area contributed by atoms with Gasteiger partial charge >= 0.3 is 0 Å². The summed E-state index contributed by atoms with van der Waals surface area (Å²) in [6, 6.07) is 13.9. The summed E-state index contributed by atoms with van der Waals surface area (Å²) in [6.45, 7) is 1.99. The van der Waals surface area contributed by atoms with Crippen LogP contribution in [0.4, 0.5) is 11.4 Å². The lowest BCUT2D eigenvalue weighted by Gasteiger charge is -2.10. The molecule has 26 heavy (non-hydrogen) atoms. The van der Waals surface area contributed by atoms with E-state index in [-0.39, 0.29) is 0 Å². The molecule has 0 unspecified atom stereocenters. The van der Waals surface area contributed by atoms with Gasteiger partial charge in [0.15, 0.2) is 0 Å². The van der Waals surface area contributed by atoms with Gasteiger partial charge in [-0.15, -0.1) is 0 Å². The molecule has 0 atom stereocenters. The summed E-state index contributed by atoms with van der Waals surface area (Å²) in [6.07, 6.45) is 3.47. The van der Waals surface area contributed by atoms with Gasteiger partial charge in [0.1, 0.15) is 5.52 Å². The van der Waals surface area contributed by atoms with E-state index in [4.69, 9.17) is 4.74 Å². The highest BCUT2D eigenvalue weighted by molar-refractivity contribution is 7.78. The number of rotatable bonds is 6. The van der Waals surface area contributed by atoms with Crippen molar-refractivity contribution in [2.75, 3.05) is 39.6 Å². The summed E-state index contributed by atoms with van der Waals surface area (Å²) < 4.78 is 7.98. The van der Waals surface area contributed by atoms with E-state index in [1.54, 1.807) is 19.5 Å². The summed E-state index contributed by atoms with van der Waals surface area (Å²) in [5, 5.41) is 4.36. The van der Waals surface area contributed by atoms with Crippen molar-refractivity contribution in [2.24, 2.45) is 0 Å². The van der Waals surface area contributed by atoms with Gasteiger partial charge in [0.2, 0.25) is 5.88 Å².